The Labute approximate surface area is 124 Å². The van der Waals surface area contributed by atoms with Crippen LogP contribution in [-0.2, 0) is 11.0 Å². The van der Waals surface area contributed by atoms with Gasteiger partial charge in [-0.1, -0.05) is 0 Å². The predicted molar refractivity (Wildman–Crippen MR) is 67.9 cm³/mol. The first kappa shape index (κ1) is 16.2. The van der Waals surface area contributed by atoms with Crippen LogP contribution in [0.5, 0.6) is 0 Å². The van der Waals surface area contributed by atoms with Crippen LogP contribution in [0, 0.1) is 5.92 Å². The number of piperidine rings is 1. The van der Waals surface area contributed by atoms with Crippen molar-refractivity contribution in [2.45, 2.75) is 32.0 Å². The van der Waals surface area contributed by atoms with E-state index in [9.17, 15) is 22.8 Å². The third kappa shape index (κ3) is 3.18. The van der Waals surface area contributed by atoms with Crippen LogP contribution in [0.25, 0.3) is 0 Å². The monoisotopic (exact) mass is 317 g/mol. The van der Waals surface area contributed by atoms with E-state index in [0.29, 0.717) is 19.4 Å². The molecule has 0 unspecified atom stereocenters. The number of hydrogen-bond acceptors (Lipinski definition) is 4. The SMILES string of the molecule is C[C@@H]1[C@H](C(=O)O)CCCN1C(=O)c1cnc(C(F)(F)F)nc1. The molecule has 0 aliphatic carbocycles. The number of carboxylic acids is 1. The van der Waals surface area contributed by atoms with Gasteiger partial charge in [0.2, 0.25) is 5.82 Å². The molecule has 0 radical (unpaired) electrons. The smallest absolute Gasteiger partial charge is 0.451 e. The van der Waals surface area contributed by atoms with E-state index < -0.39 is 35.8 Å². The highest BCUT2D eigenvalue weighted by atomic mass is 19.4. The molecule has 1 aliphatic heterocycles. The fourth-order valence-electron chi connectivity index (χ4n) is 2.51. The topological polar surface area (TPSA) is 83.4 Å². The van der Waals surface area contributed by atoms with Crippen molar-refractivity contribution in [3.05, 3.63) is 23.8 Å². The van der Waals surface area contributed by atoms with Crippen LogP contribution < -0.4 is 0 Å². The summed E-state index contributed by atoms with van der Waals surface area (Å²) in [6.45, 7) is 1.96. The number of carbonyl (C=O) groups is 2. The number of alkyl halides is 3. The summed E-state index contributed by atoms with van der Waals surface area (Å²) in [5.41, 5.74) is -0.0918. The van der Waals surface area contributed by atoms with Gasteiger partial charge in [0.05, 0.1) is 11.5 Å². The lowest BCUT2D eigenvalue weighted by molar-refractivity contribution is -0.146. The van der Waals surface area contributed by atoms with Gasteiger partial charge in [-0.15, -0.1) is 0 Å². The molecule has 1 fully saturated rings. The number of carboxylic acid groups (broad SMARTS) is 1. The molecule has 1 aliphatic rings. The van der Waals surface area contributed by atoms with Gasteiger partial charge in [0.15, 0.2) is 0 Å². The number of aromatic nitrogens is 2. The Morgan fingerprint density at radius 1 is 1.32 bits per heavy atom. The number of carbonyl (C=O) groups excluding carboxylic acids is 1. The number of amides is 1. The van der Waals surface area contributed by atoms with E-state index in [0.717, 1.165) is 12.4 Å². The second-order valence-corrected chi connectivity index (χ2v) is 5.12. The summed E-state index contributed by atoms with van der Waals surface area (Å²) in [6.07, 6.45) is -2.06. The molecule has 0 saturated carbocycles. The van der Waals surface area contributed by atoms with E-state index in [2.05, 4.69) is 9.97 Å². The number of likely N-dealkylation sites (tertiary alicyclic amines) is 1. The molecule has 0 spiro atoms. The van der Waals surface area contributed by atoms with Crippen LogP contribution in [0.3, 0.4) is 0 Å². The van der Waals surface area contributed by atoms with Gasteiger partial charge in [-0.05, 0) is 19.8 Å². The van der Waals surface area contributed by atoms with Crippen LogP contribution in [0.4, 0.5) is 13.2 Å². The Kier molecular flexibility index (Phi) is 4.34. The maximum atomic E-state index is 12.4. The van der Waals surface area contributed by atoms with Crippen LogP contribution >= 0.6 is 0 Å². The molecule has 2 rings (SSSR count). The Morgan fingerprint density at radius 2 is 1.91 bits per heavy atom. The Bertz CT molecular complexity index is 574. The molecule has 1 saturated heterocycles. The van der Waals surface area contributed by atoms with Crippen molar-refractivity contribution >= 4 is 11.9 Å². The van der Waals surface area contributed by atoms with Crippen molar-refractivity contribution in [2.24, 2.45) is 5.92 Å². The number of aliphatic carboxylic acids is 1. The van der Waals surface area contributed by atoms with Gasteiger partial charge in [-0.2, -0.15) is 13.2 Å². The molecule has 9 heteroatoms. The predicted octanol–water partition coefficient (Wildman–Crippen LogP) is 1.82. The lowest BCUT2D eigenvalue weighted by Crippen LogP contribution is -2.49. The van der Waals surface area contributed by atoms with Gasteiger partial charge >= 0.3 is 12.1 Å². The van der Waals surface area contributed by atoms with Crippen LogP contribution in [-0.4, -0.2) is 44.4 Å². The summed E-state index contributed by atoms with van der Waals surface area (Å²) in [6, 6.07) is -0.541. The Hall–Kier alpha value is -2.19. The highest BCUT2D eigenvalue weighted by molar-refractivity contribution is 5.94. The fourth-order valence-corrected chi connectivity index (χ4v) is 2.51. The zero-order valence-electron chi connectivity index (χ0n) is 11.7. The summed E-state index contributed by atoms with van der Waals surface area (Å²) in [7, 11) is 0. The van der Waals surface area contributed by atoms with Crippen molar-refractivity contribution in [2.75, 3.05) is 6.54 Å². The van der Waals surface area contributed by atoms with Crippen molar-refractivity contribution in [1.82, 2.24) is 14.9 Å². The van der Waals surface area contributed by atoms with Crippen molar-refractivity contribution in [3.63, 3.8) is 0 Å². The first-order valence-corrected chi connectivity index (χ1v) is 6.65. The minimum atomic E-state index is -4.67. The van der Waals surface area contributed by atoms with Gasteiger partial charge in [0, 0.05) is 25.0 Å². The van der Waals surface area contributed by atoms with E-state index in [1.54, 1.807) is 6.92 Å². The second kappa shape index (κ2) is 5.90. The highest BCUT2D eigenvalue weighted by Crippen LogP contribution is 2.27. The maximum absolute atomic E-state index is 12.4. The van der Waals surface area contributed by atoms with Gasteiger partial charge in [0.25, 0.3) is 5.91 Å². The molecule has 1 aromatic rings. The Balaban J connectivity index is 2.19. The van der Waals surface area contributed by atoms with Crippen molar-refractivity contribution < 1.29 is 27.9 Å². The molecule has 0 aromatic carbocycles. The number of rotatable bonds is 2. The summed E-state index contributed by atoms with van der Waals surface area (Å²) in [4.78, 5) is 31.1. The first-order valence-electron chi connectivity index (χ1n) is 6.65. The molecule has 1 aromatic heterocycles. The zero-order valence-corrected chi connectivity index (χ0v) is 11.7. The highest BCUT2D eigenvalue weighted by Gasteiger charge is 2.37. The minimum absolute atomic E-state index is 0.0918. The fraction of sp³-hybridized carbons (Fsp3) is 0.538. The number of hydrogen-bond donors (Lipinski definition) is 1. The van der Waals surface area contributed by atoms with E-state index in [1.807, 2.05) is 0 Å². The van der Waals surface area contributed by atoms with Crippen molar-refractivity contribution in [3.8, 4) is 0 Å². The standard InChI is InChI=1S/C13H14F3N3O3/c1-7-9(11(21)22)3-2-4-19(7)10(20)8-5-17-12(18-6-8)13(14,15)16/h5-7,9H,2-4H2,1H3,(H,21,22)/t7-,9-/m1/s1. The third-order valence-corrected chi connectivity index (χ3v) is 3.72. The van der Waals surface area contributed by atoms with Gasteiger partial charge in [0.1, 0.15) is 0 Å². The molecule has 2 heterocycles. The van der Waals surface area contributed by atoms with E-state index in [-0.39, 0.29) is 5.56 Å². The molecule has 1 N–H and O–H groups in total. The molecule has 2 atom stereocenters. The van der Waals surface area contributed by atoms with Crippen LogP contribution in [0.2, 0.25) is 0 Å². The molecule has 22 heavy (non-hydrogen) atoms. The van der Waals surface area contributed by atoms with Gasteiger partial charge in [-0.25, -0.2) is 9.97 Å². The molecular formula is C13H14F3N3O3. The molecule has 120 valence electrons. The lowest BCUT2D eigenvalue weighted by atomic mass is 9.90. The largest absolute Gasteiger partial charge is 0.481 e. The summed E-state index contributed by atoms with van der Waals surface area (Å²) >= 11 is 0. The van der Waals surface area contributed by atoms with Gasteiger partial charge < -0.3 is 10.0 Å². The second-order valence-electron chi connectivity index (χ2n) is 5.12. The summed E-state index contributed by atoms with van der Waals surface area (Å²) in [5, 5.41) is 9.12. The van der Waals surface area contributed by atoms with E-state index >= 15 is 0 Å². The number of halogens is 3. The molecule has 6 nitrogen and oxygen atoms in total. The minimum Gasteiger partial charge on any atom is -0.481 e. The summed E-state index contributed by atoms with van der Waals surface area (Å²) < 4.78 is 37.2. The zero-order chi connectivity index (χ0) is 16.5. The lowest BCUT2D eigenvalue weighted by Gasteiger charge is -2.37. The average molecular weight is 317 g/mol. The normalized spacial score (nSPS) is 22.5. The average Bonchev–Trinajstić information content (AvgIpc) is 2.45. The van der Waals surface area contributed by atoms with Crippen LogP contribution in [0.1, 0.15) is 35.9 Å². The number of nitrogens with zero attached hydrogens (tertiary/aromatic N) is 3. The first-order chi connectivity index (χ1) is 10.2. The molecule has 1 amide bonds. The third-order valence-electron chi connectivity index (χ3n) is 3.72. The molecule has 0 bridgehead atoms. The van der Waals surface area contributed by atoms with Crippen molar-refractivity contribution in [1.29, 1.82) is 0 Å². The van der Waals surface area contributed by atoms with Crippen LogP contribution in [0.15, 0.2) is 12.4 Å². The summed E-state index contributed by atoms with van der Waals surface area (Å²) in [5.74, 6) is -3.56. The van der Waals surface area contributed by atoms with E-state index in [4.69, 9.17) is 5.11 Å². The molecular weight excluding hydrogens is 303 g/mol. The van der Waals surface area contributed by atoms with Gasteiger partial charge in [-0.3, -0.25) is 9.59 Å². The van der Waals surface area contributed by atoms with E-state index in [1.165, 1.54) is 4.90 Å². The quantitative estimate of drug-likeness (QED) is 0.899. The Morgan fingerprint density at radius 3 is 2.41 bits per heavy atom. The maximum Gasteiger partial charge on any atom is 0.451 e.